The van der Waals surface area contributed by atoms with E-state index in [9.17, 15) is 15.2 Å². The monoisotopic (exact) mass is 225 g/mol. The molecule has 1 aromatic carbocycles. The number of hydrogen-bond donors (Lipinski definition) is 3. The van der Waals surface area contributed by atoms with Crippen molar-refractivity contribution in [3.63, 3.8) is 0 Å². The van der Waals surface area contributed by atoms with Crippen molar-refractivity contribution in [2.45, 2.75) is 18.9 Å². The van der Waals surface area contributed by atoms with E-state index in [0.29, 0.717) is 24.9 Å². The highest BCUT2D eigenvalue weighted by Gasteiger charge is 2.19. The van der Waals surface area contributed by atoms with E-state index in [-0.39, 0.29) is 11.4 Å². The molecule has 0 aliphatic carbocycles. The highest BCUT2D eigenvalue weighted by atomic mass is 16.6. The molecule has 0 unspecified atom stereocenters. The van der Waals surface area contributed by atoms with Gasteiger partial charge in [-0.2, -0.15) is 0 Å². The van der Waals surface area contributed by atoms with Crippen LogP contribution in [0.2, 0.25) is 0 Å². The summed E-state index contributed by atoms with van der Waals surface area (Å²) in [6.45, 7) is 0.486. The minimum atomic E-state index is -0.503. The number of nitrogens with zero attached hydrogens (tertiary/aromatic N) is 1. The molecule has 0 radical (unpaired) electrons. The zero-order valence-corrected chi connectivity index (χ0v) is 8.80. The summed E-state index contributed by atoms with van der Waals surface area (Å²) in [5, 5.41) is 20.0. The second kappa shape index (κ2) is 5.43. The third-order valence-electron chi connectivity index (χ3n) is 2.33. The molecule has 1 atom stereocenters. The maximum absolute atomic E-state index is 10.8. The van der Waals surface area contributed by atoms with Crippen LogP contribution in [-0.2, 0) is 0 Å². The van der Waals surface area contributed by atoms with Gasteiger partial charge in [-0.3, -0.25) is 10.1 Å². The van der Waals surface area contributed by atoms with Crippen molar-refractivity contribution in [2.75, 3.05) is 6.54 Å². The van der Waals surface area contributed by atoms with E-state index >= 15 is 0 Å². The molecule has 0 spiro atoms. The van der Waals surface area contributed by atoms with Gasteiger partial charge in [-0.15, -0.1) is 0 Å². The maximum Gasteiger partial charge on any atom is 0.274 e. The first-order valence-electron chi connectivity index (χ1n) is 4.99. The second-order valence-corrected chi connectivity index (χ2v) is 3.54. The van der Waals surface area contributed by atoms with Crippen molar-refractivity contribution >= 4 is 5.69 Å². The second-order valence-electron chi connectivity index (χ2n) is 3.54. The van der Waals surface area contributed by atoms with E-state index in [0.717, 1.165) is 0 Å². The van der Waals surface area contributed by atoms with Crippen molar-refractivity contribution in [3.8, 4) is 5.75 Å². The largest absolute Gasteiger partial charge is 0.508 e. The van der Waals surface area contributed by atoms with Crippen molar-refractivity contribution < 1.29 is 10.0 Å². The molecule has 16 heavy (non-hydrogen) atoms. The molecule has 5 N–H and O–H groups in total. The Kier molecular flexibility index (Phi) is 4.21. The van der Waals surface area contributed by atoms with Gasteiger partial charge in [-0.05, 0) is 31.5 Å². The summed E-state index contributed by atoms with van der Waals surface area (Å²) >= 11 is 0. The molecule has 0 saturated heterocycles. The molecule has 0 heterocycles. The number of rotatable bonds is 5. The zero-order valence-electron chi connectivity index (χ0n) is 8.80. The number of phenolic OH excluding ortho intramolecular Hbond substituents is 1. The fraction of sp³-hybridized carbons (Fsp3) is 0.400. The summed E-state index contributed by atoms with van der Waals surface area (Å²) in [7, 11) is 0. The fourth-order valence-electron chi connectivity index (χ4n) is 1.50. The van der Waals surface area contributed by atoms with Crippen LogP contribution in [0.3, 0.4) is 0 Å². The summed E-state index contributed by atoms with van der Waals surface area (Å²) in [5.74, 6) is -0.0243. The Labute approximate surface area is 93.0 Å². The van der Waals surface area contributed by atoms with Crippen LogP contribution in [0.1, 0.15) is 24.4 Å². The molecule has 1 aromatic rings. The summed E-state index contributed by atoms with van der Waals surface area (Å²) in [4.78, 5) is 10.3. The van der Waals surface area contributed by atoms with Gasteiger partial charge in [0.1, 0.15) is 5.75 Å². The van der Waals surface area contributed by atoms with Gasteiger partial charge in [0, 0.05) is 12.1 Å². The van der Waals surface area contributed by atoms with Crippen LogP contribution in [0.5, 0.6) is 5.75 Å². The van der Waals surface area contributed by atoms with E-state index in [1.807, 2.05) is 0 Å². The topological polar surface area (TPSA) is 115 Å². The smallest absolute Gasteiger partial charge is 0.274 e. The minimum absolute atomic E-state index is 0.0243. The van der Waals surface area contributed by atoms with Crippen LogP contribution < -0.4 is 11.5 Å². The van der Waals surface area contributed by atoms with E-state index in [4.69, 9.17) is 11.5 Å². The molecule has 0 bridgehead atoms. The number of phenols is 1. The molecule has 0 aliphatic heterocycles. The lowest BCUT2D eigenvalue weighted by atomic mass is 10.0. The Morgan fingerprint density at radius 2 is 2.19 bits per heavy atom. The van der Waals surface area contributed by atoms with Crippen molar-refractivity contribution in [1.82, 2.24) is 0 Å². The predicted octanol–water partition coefficient (Wildman–Crippen LogP) is 1.04. The maximum atomic E-state index is 10.8. The van der Waals surface area contributed by atoms with Gasteiger partial charge >= 0.3 is 0 Å². The van der Waals surface area contributed by atoms with Gasteiger partial charge in [0.2, 0.25) is 0 Å². The molecule has 88 valence electrons. The van der Waals surface area contributed by atoms with Gasteiger partial charge in [-0.25, -0.2) is 0 Å². The third-order valence-corrected chi connectivity index (χ3v) is 2.33. The normalized spacial score (nSPS) is 12.4. The summed E-state index contributed by atoms with van der Waals surface area (Å²) < 4.78 is 0. The molecule has 0 aliphatic rings. The number of benzene rings is 1. The van der Waals surface area contributed by atoms with Gasteiger partial charge in [-0.1, -0.05) is 0 Å². The number of nitro groups is 1. The zero-order chi connectivity index (χ0) is 12.1. The Hall–Kier alpha value is -1.66. The van der Waals surface area contributed by atoms with Crippen molar-refractivity contribution in [1.29, 1.82) is 0 Å². The lowest BCUT2D eigenvalue weighted by Gasteiger charge is -2.11. The molecular weight excluding hydrogens is 210 g/mol. The number of nitro benzene ring substituents is 1. The van der Waals surface area contributed by atoms with Gasteiger partial charge < -0.3 is 16.6 Å². The molecule has 6 nitrogen and oxygen atoms in total. The molecule has 0 saturated carbocycles. The van der Waals surface area contributed by atoms with E-state index in [1.165, 1.54) is 18.2 Å². The Balaban J connectivity index is 2.99. The van der Waals surface area contributed by atoms with Crippen LogP contribution in [0.25, 0.3) is 0 Å². The van der Waals surface area contributed by atoms with Gasteiger partial charge in [0.15, 0.2) is 0 Å². The van der Waals surface area contributed by atoms with Gasteiger partial charge in [0.25, 0.3) is 5.69 Å². The predicted molar refractivity (Wildman–Crippen MR) is 60.0 cm³/mol. The van der Waals surface area contributed by atoms with Crippen LogP contribution in [0, 0.1) is 10.1 Å². The van der Waals surface area contributed by atoms with Crippen molar-refractivity contribution in [2.24, 2.45) is 11.5 Å². The third kappa shape index (κ3) is 2.91. The quantitative estimate of drug-likeness (QED) is 0.511. The average Bonchev–Trinajstić information content (AvgIpc) is 2.25. The Morgan fingerprint density at radius 3 is 2.75 bits per heavy atom. The first kappa shape index (κ1) is 12.4. The molecule has 0 aromatic heterocycles. The highest BCUT2D eigenvalue weighted by molar-refractivity contribution is 5.46. The standard InChI is InChI=1S/C10H15N3O3/c11-5-1-2-9(12)8-6-7(14)3-4-10(8)13(15)16/h3-4,6,9,14H,1-2,5,11-12H2/t9-/m0/s1. The summed E-state index contributed by atoms with van der Waals surface area (Å²) in [5.41, 5.74) is 11.4. The molecule has 6 heteroatoms. The van der Waals surface area contributed by atoms with Crippen LogP contribution >= 0.6 is 0 Å². The van der Waals surface area contributed by atoms with Crippen LogP contribution in [0.15, 0.2) is 18.2 Å². The van der Waals surface area contributed by atoms with E-state index < -0.39 is 11.0 Å². The van der Waals surface area contributed by atoms with E-state index in [1.54, 1.807) is 0 Å². The Bertz CT molecular complexity index is 382. The SMILES string of the molecule is NCCC[C@H](N)c1cc(O)ccc1[N+](=O)[O-]. The number of hydrogen-bond acceptors (Lipinski definition) is 5. The summed E-state index contributed by atoms with van der Waals surface area (Å²) in [6.07, 6.45) is 1.24. The molecular formula is C10H15N3O3. The minimum Gasteiger partial charge on any atom is -0.508 e. The highest BCUT2D eigenvalue weighted by Crippen LogP contribution is 2.29. The number of aromatic hydroxyl groups is 1. The lowest BCUT2D eigenvalue weighted by Crippen LogP contribution is -2.14. The lowest BCUT2D eigenvalue weighted by molar-refractivity contribution is -0.385. The fourth-order valence-corrected chi connectivity index (χ4v) is 1.50. The first-order chi connectivity index (χ1) is 7.56. The molecule has 1 rings (SSSR count). The van der Waals surface area contributed by atoms with Gasteiger partial charge in [0.05, 0.1) is 10.5 Å². The Morgan fingerprint density at radius 1 is 1.50 bits per heavy atom. The van der Waals surface area contributed by atoms with E-state index in [2.05, 4.69) is 0 Å². The first-order valence-corrected chi connectivity index (χ1v) is 4.99. The molecule has 0 fully saturated rings. The number of nitrogens with two attached hydrogens (primary N) is 2. The molecule has 0 amide bonds. The average molecular weight is 225 g/mol. The van der Waals surface area contributed by atoms with Crippen LogP contribution in [0.4, 0.5) is 5.69 Å². The van der Waals surface area contributed by atoms with Crippen LogP contribution in [-0.4, -0.2) is 16.6 Å². The summed E-state index contributed by atoms with van der Waals surface area (Å²) in [6, 6.07) is 3.39. The van der Waals surface area contributed by atoms with Crippen molar-refractivity contribution in [3.05, 3.63) is 33.9 Å².